The molecule has 0 bridgehead atoms. The zero-order valence-electron chi connectivity index (χ0n) is 13.2. The van der Waals surface area contributed by atoms with Crippen molar-refractivity contribution in [3.63, 3.8) is 0 Å². The van der Waals surface area contributed by atoms with E-state index in [-0.39, 0.29) is 19.6 Å². The molecule has 1 aromatic carbocycles. The van der Waals surface area contributed by atoms with Crippen molar-refractivity contribution in [3.8, 4) is 0 Å². The number of hydrogen-bond donors (Lipinski definition) is 3. The van der Waals surface area contributed by atoms with Gasteiger partial charge in [0, 0.05) is 13.0 Å². The number of aliphatic hydroxyl groups is 2. The van der Waals surface area contributed by atoms with Crippen molar-refractivity contribution in [1.82, 2.24) is 10.2 Å². The van der Waals surface area contributed by atoms with E-state index in [2.05, 4.69) is 5.32 Å². The number of imide groups is 1. The van der Waals surface area contributed by atoms with Crippen LogP contribution in [0.2, 0.25) is 0 Å². The highest BCUT2D eigenvalue weighted by Gasteiger charge is 2.48. The lowest BCUT2D eigenvalue weighted by atomic mass is 10.1. The summed E-state index contributed by atoms with van der Waals surface area (Å²) in [7, 11) is 0. The fraction of sp³-hybridized carbons (Fsp3) is 0.438. The maximum atomic E-state index is 11.9. The molecule has 3 rings (SSSR count). The first-order valence-electron chi connectivity index (χ1n) is 7.81. The van der Waals surface area contributed by atoms with Crippen LogP contribution in [0.1, 0.15) is 16.8 Å². The van der Waals surface area contributed by atoms with Crippen molar-refractivity contribution in [2.24, 2.45) is 0 Å². The fourth-order valence-electron chi connectivity index (χ4n) is 2.76. The number of rotatable bonds is 4. The molecule has 0 spiro atoms. The van der Waals surface area contributed by atoms with Crippen LogP contribution in [0, 0.1) is 0 Å². The standard InChI is InChI=1S/C16H18N2O7/c19-11-6-7-18(16(23)17-11)14-13(21)12(20)10(25-14)8-24-15(22)9-4-2-1-3-5-9/h1-5,10,12-14,20-21H,6-8H2,(H,17,19,23)/t10-,12-,13-,14-/m1/s1. The van der Waals surface area contributed by atoms with E-state index in [1.807, 2.05) is 0 Å². The molecule has 9 nitrogen and oxygen atoms in total. The van der Waals surface area contributed by atoms with Gasteiger partial charge >= 0.3 is 12.0 Å². The van der Waals surface area contributed by atoms with E-state index in [0.29, 0.717) is 5.56 Å². The van der Waals surface area contributed by atoms with Gasteiger partial charge in [-0.2, -0.15) is 0 Å². The van der Waals surface area contributed by atoms with Gasteiger partial charge in [0.05, 0.1) is 5.56 Å². The van der Waals surface area contributed by atoms with Crippen LogP contribution in [0.5, 0.6) is 0 Å². The highest BCUT2D eigenvalue weighted by Crippen LogP contribution is 2.26. The number of nitrogens with one attached hydrogen (secondary N) is 1. The first kappa shape index (κ1) is 17.3. The monoisotopic (exact) mass is 350 g/mol. The Bertz CT molecular complexity index is 666. The van der Waals surface area contributed by atoms with Gasteiger partial charge in [0.25, 0.3) is 0 Å². The Morgan fingerprint density at radius 3 is 2.64 bits per heavy atom. The molecule has 2 saturated heterocycles. The first-order valence-corrected chi connectivity index (χ1v) is 7.81. The van der Waals surface area contributed by atoms with Gasteiger partial charge < -0.3 is 19.7 Å². The number of nitrogens with zero attached hydrogens (tertiary/aromatic N) is 1. The van der Waals surface area contributed by atoms with Crippen molar-refractivity contribution in [1.29, 1.82) is 0 Å². The summed E-state index contributed by atoms with van der Waals surface area (Å²) in [6, 6.07) is 7.61. The molecular formula is C16H18N2O7. The summed E-state index contributed by atoms with van der Waals surface area (Å²) in [4.78, 5) is 36.1. The molecule has 3 amide bonds. The lowest BCUT2D eigenvalue weighted by Crippen LogP contribution is -2.56. The normalized spacial score (nSPS) is 29.4. The Morgan fingerprint density at radius 2 is 1.96 bits per heavy atom. The number of carbonyl (C=O) groups excluding carboxylic acids is 3. The van der Waals surface area contributed by atoms with Gasteiger partial charge in [-0.3, -0.25) is 15.0 Å². The molecule has 3 N–H and O–H groups in total. The van der Waals surface area contributed by atoms with E-state index in [4.69, 9.17) is 9.47 Å². The SMILES string of the molecule is O=C1CCN([C@@H]2O[C@H](COC(=O)c3ccccc3)[C@@H](O)[C@H]2O)C(=O)N1. The van der Waals surface area contributed by atoms with Crippen LogP contribution < -0.4 is 5.32 Å². The minimum absolute atomic E-state index is 0.0651. The van der Waals surface area contributed by atoms with Gasteiger partial charge in [-0.05, 0) is 12.1 Å². The summed E-state index contributed by atoms with van der Waals surface area (Å²) in [6.07, 6.45) is -4.75. The summed E-state index contributed by atoms with van der Waals surface area (Å²) in [6.45, 7) is -0.216. The highest BCUT2D eigenvalue weighted by atomic mass is 16.6. The molecule has 134 valence electrons. The van der Waals surface area contributed by atoms with Crippen LogP contribution >= 0.6 is 0 Å². The summed E-state index contributed by atoms with van der Waals surface area (Å²) >= 11 is 0. The summed E-state index contributed by atoms with van der Waals surface area (Å²) in [5.41, 5.74) is 0.348. The number of amides is 3. The number of aliphatic hydroxyl groups excluding tert-OH is 2. The number of ether oxygens (including phenoxy) is 2. The van der Waals surface area contributed by atoms with Gasteiger partial charge in [-0.1, -0.05) is 18.2 Å². The third-order valence-corrected chi connectivity index (χ3v) is 4.12. The molecule has 2 heterocycles. The third kappa shape index (κ3) is 3.63. The Morgan fingerprint density at radius 1 is 1.24 bits per heavy atom. The third-order valence-electron chi connectivity index (χ3n) is 4.12. The predicted molar refractivity (Wildman–Crippen MR) is 82.3 cm³/mol. The molecule has 1 aromatic rings. The van der Waals surface area contributed by atoms with E-state index >= 15 is 0 Å². The Hall–Kier alpha value is -2.49. The lowest BCUT2D eigenvalue weighted by Gasteiger charge is -2.32. The van der Waals surface area contributed by atoms with Crippen LogP contribution in [0.4, 0.5) is 4.79 Å². The van der Waals surface area contributed by atoms with Crippen molar-refractivity contribution in [3.05, 3.63) is 35.9 Å². The zero-order chi connectivity index (χ0) is 18.0. The van der Waals surface area contributed by atoms with Crippen LogP contribution in [-0.4, -0.2) is 70.7 Å². The molecule has 0 radical (unpaired) electrons. The molecule has 0 saturated carbocycles. The maximum Gasteiger partial charge on any atom is 0.338 e. The smallest absolute Gasteiger partial charge is 0.338 e. The van der Waals surface area contributed by atoms with Crippen molar-refractivity contribution in [2.75, 3.05) is 13.2 Å². The largest absolute Gasteiger partial charge is 0.459 e. The molecule has 4 atom stereocenters. The first-order chi connectivity index (χ1) is 12.0. The minimum atomic E-state index is -1.38. The van der Waals surface area contributed by atoms with Crippen LogP contribution in [0.3, 0.4) is 0 Å². The molecule has 2 fully saturated rings. The summed E-state index contributed by atoms with van der Waals surface area (Å²) < 4.78 is 10.6. The van der Waals surface area contributed by atoms with Gasteiger partial charge in [0.1, 0.15) is 24.9 Å². The predicted octanol–water partition coefficient (Wildman–Crippen LogP) is -0.768. The van der Waals surface area contributed by atoms with E-state index < -0.39 is 42.4 Å². The van der Waals surface area contributed by atoms with Crippen molar-refractivity contribution in [2.45, 2.75) is 31.0 Å². The maximum absolute atomic E-state index is 11.9. The van der Waals surface area contributed by atoms with Crippen LogP contribution in [0.25, 0.3) is 0 Å². The Balaban J connectivity index is 1.59. The molecule has 0 unspecified atom stereocenters. The molecule has 0 aromatic heterocycles. The zero-order valence-corrected chi connectivity index (χ0v) is 13.2. The molecule has 9 heteroatoms. The van der Waals surface area contributed by atoms with Crippen LogP contribution in [-0.2, 0) is 14.3 Å². The van der Waals surface area contributed by atoms with Crippen LogP contribution in [0.15, 0.2) is 30.3 Å². The van der Waals surface area contributed by atoms with Gasteiger partial charge in [-0.15, -0.1) is 0 Å². The summed E-state index contributed by atoms with van der Waals surface area (Å²) in [5.74, 6) is -1.00. The number of carbonyl (C=O) groups is 3. The van der Waals surface area contributed by atoms with E-state index in [1.165, 1.54) is 0 Å². The fourth-order valence-corrected chi connectivity index (χ4v) is 2.76. The molecule has 0 aliphatic carbocycles. The second kappa shape index (κ2) is 7.18. The number of hydrogen-bond acceptors (Lipinski definition) is 7. The minimum Gasteiger partial charge on any atom is -0.459 e. The van der Waals surface area contributed by atoms with Crippen molar-refractivity contribution >= 4 is 17.9 Å². The number of esters is 1. The van der Waals surface area contributed by atoms with Gasteiger partial charge in [-0.25, -0.2) is 9.59 Å². The molecule has 2 aliphatic rings. The van der Waals surface area contributed by atoms with Crippen molar-refractivity contribution < 1.29 is 34.1 Å². The Labute approximate surface area is 143 Å². The second-order valence-corrected chi connectivity index (χ2v) is 5.81. The average Bonchev–Trinajstić information content (AvgIpc) is 2.89. The highest BCUT2D eigenvalue weighted by molar-refractivity contribution is 5.96. The number of benzene rings is 1. The van der Waals surface area contributed by atoms with E-state index in [0.717, 1.165) is 4.90 Å². The Kier molecular flexibility index (Phi) is 4.98. The molecule has 25 heavy (non-hydrogen) atoms. The average molecular weight is 350 g/mol. The number of urea groups is 1. The quantitative estimate of drug-likeness (QED) is 0.609. The molecular weight excluding hydrogens is 332 g/mol. The second-order valence-electron chi connectivity index (χ2n) is 5.81. The van der Waals surface area contributed by atoms with Gasteiger partial charge in [0.15, 0.2) is 6.23 Å². The topological polar surface area (TPSA) is 125 Å². The van der Waals surface area contributed by atoms with E-state index in [1.54, 1.807) is 30.3 Å². The lowest BCUT2D eigenvalue weighted by molar-refractivity contribution is -0.125. The molecule has 2 aliphatic heterocycles. The van der Waals surface area contributed by atoms with Gasteiger partial charge in [0.2, 0.25) is 5.91 Å². The summed E-state index contributed by atoms with van der Waals surface area (Å²) in [5, 5.41) is 22.3. The van der Waals surface area contributed by atoms with E-state index in [9.17, 15) is 24.6 Å².